The summed E-state index contributed by atoms with van der Waals surface area (Å²) >= 11 is 0. The van der Waals surface area contributed by atoms with Gasteiger partial charge in [0, 0.05) is 12.6 Å². The molecule has 1 rings (SSSR count). The van der Waals surface area contributed by atoms with Crippen LogP contribution in [0.5, 0.6) is 0 Å². The van der Waals surface area contributed by atoms with E-state index in [0.29, 0.717) is 6.54 Å². The Morgan fingerprint density at radius 3 is 2.29 bits per heavy atom. The van der Waals surface area contributed by atoms with Crippen LogP contribution in [-0.4, -0.2) is 29.7 Å². The molecule has 4 nitrogen and oxygen atoms in total. The van der Waals surface area contributed by atoms with E-state index in [1.807, 2.05) is 13.8 Å². The van der Waals surface area contributed by atoms with Crippen LogP contribution in [0.3, 0.4) is 0 Å². The Kier molecular flexibility index (Phi) is 3.61. The fourth-order valence-corrected chi connectivity index (χ4v) is 2.35. The molecule has 4 heteroatoms. The largest absolute Gasteiger partial charge is 0.369 e. The number of nitrogens with one attached hydrogen (secondary N) is 1. The Bertz CT molecular complexity index is 309. The molecule has 17 heavy (non-hydrogen) atoms. The molecule has 0 saturated carbocycles. The number of hydrogen-bond acceptors (Lipinski definition) is 3. The normalized spacial score (nSPS) is 27.1. The van der Waals surface area contributed by atoms with Crippen LogP contribution < -0.4 is 11.1 Å². The number of carbonyl (C=O) groups is 1. The highest BCUT2D eigenvalue weighted by atomic mass is 16.5. The first kappa shape index (κ1) is 14.5. The molecule has 1 amide bonds. The number of nitrogens with two attached hydrogens (primary N) is 1. The van der Waals surface area contributed by atoms with Crippen LogP contribution in [0.1, 0.15) is 48.0 Å². The van der Waals surface area contributed by atoms with Crippen molar-refractivity contribution in [1.29, 1.82) is 0 Å². The van der Waals surface area contributed by atoms with Crippen molar-refractivity contribution in [3.05, 3.63) is 0 Å². The standard InChI is InChI=1S/C13H26N2O2/c1-11(2,10(14)16)8-15-9-7-12(3,4)17-13(9,5)6/h9,15H,7-8H2,1-6H3,(H2,14,16)/t9-/m1/s1. The third kappa shape index (κ3) is 3.42. The molecule has 0 unspecified atom stereocenters. The average molecular weight is 242 g/mol. The number of amides is 1. The second-order valence-corrected chi connectivity index (χ2v) is 6.85. The van der Waals surface area contributed by atoms with Crippen molar-refractivity contribution in [1.82, 2.24) is 5.32 Å². The van der Waals surface area contributed by atoms with Crippen LogP contribution in [0.4, 0.5) is 0 Å². The number of ether oxygens (including phenoxy) is 1. The highest BCUT2D eigenvalue weighted by molar-refractivity contribution is 5.80. The molecule has 0 aromatic rings. The predicted octanol–water partition coefficient (Wildman–Crippen LogP) is 1.43. The van der Waals surface area contributed by atoms with Gasteiger partial charge in [-0.1, -0.05) is 0 Å². The van der Waals surface area contributed by atoms with E-state index in [4.69, 9.17) is 10.5 Å². The maximum Gasteiger partial charge on any atom is 0.224 e. The average Bonchev–Trinajstić information content (AvgIpc) is 2.30. The third-order valence-corrected chi connectivity index (χ3v) is 3.53. The second-order valence-electron chi connectivity index (χ2n) is 6.85. The Balaban J connectivity index is 2.62. The lowest BCUT2D eigenvalue weighted by atomic mass is 9.89. The van der Waals surface area contributed by atoms with Gasteiger partial charge in [0.2, 0.25) is 5.91 Å². The molecule has 1 atom stereocenters. The SMILES string of the molecule is CC1(C)C[C@@H](NCC(C)(C)C(N)=O)C(C)(C)O1. The Morgan fingerprint density at radius 1 is 1.41 bits per heavy atom. The van der Waals surface area contributed by atoms with Crippen LogP contribution in [0, 0.1) is 5.41 Å². The molecule has 0 aromatic carbocycles. The van der Waals surface area contributed by atoms with E-state index >= 15 is 0 Å². The zero-order valence-electron chi connectivity index (χ0n) is 11.9. The lowest BCUT2D eigenvalue weighted by molar-refractivity contribution is -0.126. The molecule has 1 aliphatic heterocycles. The Labute approximate surface area is 104 Å². The molecule has 1 heterocycles. The molecule has 3 N–H and O–H groups in total. The van der Waals surface area contributed by atoms with Gasteiger partial charge in [0.15, 0.2) is 0 Å². The highest BCUT2D eigenvalue weighted by Crippen LogP contribution is 2.37. The molecule has 1 aliphatic rings. The Morgan fingerprint density at radius 2 is 1.94 bits per heavy atom. The van der Waals surface area contributed by atoms with Crippen LogP contribution in [0.15, 0.2) is 0 Å². The van der Waals surface area contributed by atoms with E-state index in [1.165, 1.54) is 0 Å². The molecular weight excluding hydrogens is 216 g/mol. The fourth-order valence-electron chi connectivity index (χ4n) is 2.35. The predicted molar refractivity (Wildman–Crippen MR) is 68.6 cm³/mol. The molecular formula is C13H26N2O2. The molecule has 1 fully saturated rings. The smallest absolute Gasteiger partial charge is 0.224 e. The molecule has 0 aromatic heterocycles. The number of carbonyl (C=O) groups excluding carboxylic acids is 1. The molecule has 0 bridgehead atoms. The van der Waals surface area contributed by atoms with E-state index in [0.717, 1.165) is 6.42 Å². The van der Waals surface area contributed by atoms with Crippen molar-refractivity contribution < 1.29 is 9.53 Å². The molecule has 1 saturated heterocycles. The zero-order chi connectivity index (χ0) is 13.5. The van der Waals surface area contributed by atoms with Gasteiger partial charge < -0.3 is 15.8 Å². The molecule has 0 aliphatic carbocycles. The zero-order valence-corrected chi connectivity index (χ0v) is 11.9. The minimum atomic E-state index is -0.525. The summed E-state index contributed by atoms with van der Waals surface area (Å²) in [5.41, 5.74) is 4.52. The van der Waals surface area contributed by atoms with E-state index < -0.39 is 5.41 Å². The summed E-state index contributed by atoms with van der Waals surface area (Å²) in [5, 5.41) is 3.42. The summed E-state index contributed by atoms with van der Waals surface area (Å²) in [6.45, 7) is 12.6. The highest BCUT2D eigenvalue weighted by Gasteiger charge is 2.46. The summed E-state index contributed by atoms with van der Waals surface area (Å²) in [7, 11) is 0. The van der Waals surface area contributed by atoms with Gasteiger partial charge in [-0.3, -0.25) is 4.79 Å². The quantitative estimate of drug-likeness (QED) is 0.784. The summed E-state index contributed by atoms with van der Waals surface area (Å²) in [6.07, 6.45) is 0.939. The van der Waals surface area contributed by atoms with Crippen LogP contribution >= 0.6 is 0 Å². The van der Waals surface area contributed by atoms with E-state index in [-0.39, 0.29) is 23.2 Å². The van der Waals surface area contributed by atoms with Crippen molar-refractivity contribution in [3.8, 4) is 0 Å². The van der Waals surface area contributed by atoms with E-state index in [1.54, 1.807) is 0 Å². The van der Waals surface area contributed by atoms with Crippen LogP contribution in [0.25, 0.3) is 0 Å². The van der Waals surface area contributed by atoms with Crippen LogP contribution in [0.2, 0.25) is 0 Å². The monoisotopic (exact) mass is 242 g/mol. The summed E-state index contributed by atoms with van der Waals surface area (Å²) in [5.74, 6) is -0.277. The first-order valence-electron chi connectivity index (χ1n) is 6.20. The van der Waals surface area contributed by atoms with E-state index in [9.17, 15) is 4.79 Å². The van der Waals surface area contributed by atoms with Crippen molar-refractivity contribution in [3.63, 3.8) is 0 Å². The molecule has 0 spiro atoms. The van der Waals surface area contributed by atoms with Crippen molar-refractivity contribution in [2.75, 3.05) is 6.54 Å². The summed E-state index contributed by atoms with van der Waals surface area (Å²) in [4.78, 5) is 11.3. The third-order valence-electron chi connectivity index (χ3n) is 3.53. The van der Waals surface area contributed by atoms with Gasteiger partial charge in [-0.15, -0.1) is 0 Å². The van der Waals surface area contributed by atoms with Gasteiger partial charge in [0.1, 0.15) is 0 Å². The maximum atomic E-state index is 11.3. The minimum Gasteiger partial charge on any atom is -0.369 e. The first-order chi connectivity index (χ1) is 7.46. The second kappa shape index (κ2) is 4.25. The fraction of sp³-hybridized carbons (Fsp3) is 0.923. The van der Waals surface area contributed by atoms with Crippen molar-refractivity contribution in [2.45, 2.75) is 65.2 Å². The first-order valence-corrected chi connectivity index (χ1v) is 6.20. The molecule has 0 radical (unpaired) electrons. The molecule has 100 valence electrons. The lowest BCUT2D eigenvalue weighted by Crippen LogP contribution is -2.49. The van der Waals surface area contributed by atoms with Crippen molar-refractivity contribution >= 4 is 5.91 Å². The van der Waals surface area contributed by atoms with Gasteiger partial charge in [-0.25, -0.2) is 0 Å². The van der Waals surface area contributed by atoms with Crippen LogP contribution in [-0.2, 0) is 9.53 Å². The van der Waals surface area contributed by atoms with Gasteiger partial charge >= 0.3 is 0 Å². The van der Waals surface area contributed by atoms with Gasteiger partial charge in [-0.2, -0.15) is 0 Å². The van der Waals surface area contributed by atoms with Gasteiger partial charge in [0.05, 0.1) is 16.6 Å². The summed E-state index contributed by atoms with van der Waals surface area (Å²) < 4.78 is 6.00. The Hall–Kier alpha value is -0.610. The minimum absolute atomic E-state index is 0.113. The number of rotatable bonds is 4. The maximum absolute atomic E-state index is 11.3. The van der Waals surface area contributed by atoms with E-state index in [2.05, 4.69) is 33.0 Å². The lowest BCUT2D eigenvalue weighted by Gasteiger charge is -2.30. The summed E-state index contributed by atoms with van der Waals surface area (Å²) in [6, 6.07) is 0.246. The van der Waals surface area contributed by atoms with Gasteiger partial charge in [0.25, 0.3) is 0 Å². The topological polar surface area (TPSA) is 64.3 Å². The number of hydrogen-bond donors (Lipinski definition) is 2. The van der Waals surface area contributed by atoms with Gasteiger partial charge in [-0.05, 0) is 48.0 Å². The van der Waals surface area contributed by atoms with Crippen molar-refractivity contribution in [2.24, 2.45) is 11.1 Å². The number of primary amides is 1.